The van der Waals surface area contributed by atoms with Crippen LogP contribution in [0.2, 0.25) is 0 Å². The third kappa shape index (κ3) is 5.07. The van der Waals surface area contributed by atoms with Crippen molar-refractivity contribution in [1.82, 2.24) is 8.61 Å². The maximum Gasteiger partial charge on any atom is 0.279 e. The summed E-state index contributed by atoms with van der Waals surface area (Å²) < 4.78 is 52.2. The maximum absolute atomic E-state index is 12.6. The van der Waals surface area contributed by atoms with Gasteiger partial charge in [-0.2, -0.15) is 4.31 Å². The van der Waals surface area contributed by atoms with Gasteiger partial charge in [0.05, 0.1) is 31.1 Å². The van der Waals surface area contributed by atoms with E-state index in [9.17, 15) is 21.6 Å². The number of anilines is 1. The Kier molecular flexibility index (Phi) is 6.95. The fourth-order valence-electron chi connectivity index (χ4n) is 3.11. The number of carbonyl (C=O) groups is 1. The Morgan fingerprint density at radius 1 is 1.10 bits per heavy atom. The second-order valence-corrected chi connectivity index (χ2v) is 12.4. The number of thiophene rings is 1. The van der Waals surface area contributed by atoms with Crippen molar-refractivity contribution in [1.29, 1.82) is 0 Å². The van der Waals surface area contributed by atoms with Crippen molar-refractivity contribution < 1.29 is 26.5 Å². The van der Waals surface area contributed by atoms with Crippen LogP contribution in [0.1, 0.15) is 0 Å². The molecule has 2 heterocycles. The topological polar surface area (TPSA) is 108 Å². The minimum absolute atomic E-state index is 0.152. The zero-order valence-corrected chi connectivity index (χ0v) is 19.2. The van der Waals surface area contributed by atoms with Crippen LogP contribution in [0, 0.1) is 0 Å². The van der Waals surface area contributed by atoms with E-state index in [1.54, 1.807) is 29.6 Å². The van der Waals surface area contributed by atoms with Crippen molar-refractivity contribution >= 4 is 43.0 Å². The van der Waals surface area contributed by atoms with E-state index in [0.29, 0.717) is 36.1 Å². The summed E-state index contributed by atoms with van der Waals surface area (Å²) >= 11 is 1.20. The Balaban J connectivity index is 1.52. The van der Waals surface area contributed by atoms with Gasteiger partial charge >= 0.3 is 0 Å². The number of piperazine rings is 1. The number of benzene rings is 1. The molecule has 0 spiro atoms. The van der Waals surface area contributed by atoms with Crippen molar-refractivity contribution in [2.45, 2.75) is 9.10 Å². The van der Waals surface area contributed by atoms with Crippen molar-refractivity contribution in [3.8, 4) is 0 Å². The van der Waals surface area contributed by atoms with Gasteiger partial charge in [0.1, 0.15) is 4.21 Å². The number of nitrogens with one attached hydrogen (secondary N) is 2. The minimum atomic E-state index is -3.52. The smallest absolute Gasteiger partial charge is 0.279 e. The van der Waals surface area contributed by atoms with Crippen LogP contribution in [0.4, 0.5) is 5.69 Å². The molecule has 164 valence electrons. The molecular formula is C18H25N4O5S3+. The molecule has 2 N–H and O–H groups in total. The van der Waals surface area contributed by atoms with Crippen molar-refractivity contribution in [3.63, 3.8) is 0 Å². The van der Waals surface area contributed by atoms with Crippen molar-refractivity contribution in [3.05, 3.63) is 41.8 Å². The van der Waals surface area contributed by atoms with Gasteiger partial charge in [0.25, 0.3) is 15.9 Å². The number of hydrogen-bond donors (Lipinski definition) is 2. The normalized spacial score (nSPS) is 16.6. The van der Waals surface area contributed by atoms with Crippen LogP contribution in [0.3, 0.4) is 0 Å². The van der Waals surface area contributed by atoms with E-state index < -0.39 is 20.0 Å². The molecule has 1 fully saturated rings. The highest BCUT2D eigenvalue weighted by Gasteiger charge is 2.31. The average molecular weight is 474 g/mol. The van der Waals surface area contributed by atoms with E-state index >= 15 is 0 Å². The van der Waals surface area contributed by atoms with Crippen molar-refractivity contribution in [2.24, 2.45) is 0 Å². The highest BCUT2D eigenvalue weighted by Crippen LogP contribution is 2.20. The summed E-state index contributed by atoms with van der Waals surface area (Å²) in [5.74, 6) is -0.206. The molecule has 2 aromatic rings. The summed E-state index contributed by atoms with van der Waals surface area (Å²) in [6.07, 6.45) is 0. The summed E-state index contributed by atoms with van der Waals surface area (Å²) in [6, 6.07) is 9.32. The molecule has 1 aromatic heterocycles. The number of sulfonamides is 2. The van der Waals surface area contributed by atoms with Crippen LogP contribution in [-0.4, -0.2) is 78.2 Å². The van der Waals surface area contributed by atoms with E-state index in [0.717, 1.165) is 9.21 Å². The minimum Gasteiger partial charge on any atom is -0.325 e. The van der Waals surface area contributed by atoms with Gasteiger partial charge in [0.15, 0.2) is 6.54 Å². The van der Waals surface area contributed by atoms with Crippen LogP contribution in [0.5, 0.6) is 0 Å². The third-order valence-electron chi connectivity index (χ3n) is 4.85. The molecule has 0 radical (unpaired) electrons. The zero-order valence-electron chi connectivity index (χ0n) is 16.7. The number of amides is 1. The first kappa shape index (κ1) is 22.8. The Morgan fingerprint density at radius 2 is 1.73 bits per heavy atom. The molecular weight excluding hydrogens is 448 g/mol. The third-order valence-corrected chi connectivity index (χ3v) is 9.95. The summed E-state index contributed by atoms with van der Waals surface area (Å²) in [6.45, 7) is 2.01. The molecule has 0 unspecified atom stereocenters. The Morgan fingerprint density at radius 3 is 2.27 bits per heavy atom. The van der Waals surface area contributed by atoms with Gasteiger partial charge < -0.3 is 10.2 Å². The second kappa shape index (κ2) is 9.12. The fourth-order valence-corrected chi connectivity index (χ4v) is 6.60. The molecule has 1 aliphatic rings. The molecule has 12 heteroatoms. The van der Waals surface area contributed by atoms with Gasteiger partial charge in [-0.15, -0.1) is 11.3 Å². The quantitative estimate of drug-likeness (QED) is 0.565. The molecule has 3 rings (SSSR count). The number of nitrogens with zero attached hydrogens (tertiary/aromatic N) is 2. The molecule has 1 aromatic carbocycles. The van der Waals surface area contributed by atoms with Crippen LogP contribution in [0.15, 0.2) is 50.9 Å². The molecule has 1 saturated heterocycles. The molecule has 0 aliphatic carbocycles. The van der Waals surface area contributed by atoms with Gasteiger partial charge in [0.2, 0.25) is 10.0 Å². The van der Waals surface area contributed by atoms with E-state index in [1.165, 1.54) is 41.9 Å². The standard InChI is InChI=1S/C18H24N4O5S3/c1-20(2)29(24,25)16-7-5-15(6-8-16)19-17(23)14-21-9-11-22(12-10-21)30(26,27)18-4-3-13-28-18/h3-8,13H,9-12,14H2,1-2H3,(H,19,23)/p+1. The molecule has 0 atom stereocenters. The van der Waals surface area contributed by atoms with Gasteiger partial charge in [-0.3, -0.25) is 4.79 Å². The average Bonchev–Trinajstić information content (AvgIpc) is 3.24. The lowest BCUT2D eigenvalue weighted by molar-refractivity contribution is -0.895. The monoisotopic (exact) mass is 473 g/mol. The molecule has 1 amide bonds. The summed E-state index contributed by atoms with van der Waals surface area (Å²) in [7, 11) is -4.06. The van der Waals surface area contributed by atoms with Gasteiger partial charge in [-0.25, -0.2) is 21.1 Å². The number of quaternary nitrogens is 1. The Hall–Kier alpha value is -1.83. The Labute approximate surface area is 181 Å². The highest BCUT2D eigenvalue weighted by molar-refractivity contribution is 7.91. The van der Waals surface area contributed by atoms with Crippen LogP contribution in [0.25, 0.3) is 0 Å². The predicted molar refractivity (Wildman–Crippen MR) is 115 cm³/mol. The van der Waals surface area contributed by atoms with Crippen molar-refractivity contribution in [2.75, 3.05) is 52.1 Å². The first-order valence-electron chi connectivity index (χ1n) is 9.30. The van der Waals surface area contributed by atoms with E-state index in [2.05, 4.69) is 5.32 Å². The molecule has 9 nitrogen and oxygen atoms in total. The maximum atomic E-state index is 12.6. The van der Waals surface area contributed by atoms with Gasteiger partial charge in [0, 0.05) is 19.8 Å². The number of rotatable bonds is 7. The highest BCUT2D eigenvalue weighted by atomic mass is 32.2. The fraction of sp³-hybridized carbons (Fsp3) is 0.389. The zero-order chi connectivity index (χ0) is 21.9. The summed E-state index contributed by atoms with van der Waals surface area (Å²) in [5, 5.41) is 4.50. The predicted octanol–water partition coefficient (Wildman–Crippen LogP) is -0.474. The number of hydrogen-bond acceptors (Lipinski definition) is 6. The van der Waals surface area contributed by atoms with E-state index in [4.69, 9.17) is 0 Å². The summed E-state index contributed by atoms with van der Waals surface area (Å²) in [5.41, 5.74) is 0.510. The lowest BCUT2D eigenvalue weighted by Crippen LogP contribution is -3.15. The van der Waals surface area contributed by atoms with Crippen LogP contribution >= 0.6 is 11.3 Å². The van der Waals surface area contributed by atoms with Crippen LogP contribution < -0.4 is 10.2 Å². The molecule has 30 heavy (non-hydrogen) atoms. The first-order valence-corrected chi connectivity index (χ1v) is 13.1. The van der Waals surface area contributed by atoms with E-state index in [-0.39, 0.29) is 17.3 Å². The van der Waals surface area contributed by atoms with E-state index in [1.807, 2.05) is 0 Å². The first-order chi connectivity index (χ1) is 14.1. The summed E-state index contributed by atoms with van der Waals surface area (Å²) in [4.78, 5) is 13.5. The lowest BCUT2D eigenvalue weighted by atomic mass is 10.3. The second-order valence-electron chi connectivity index (χ2n) is 7.12. The SMILES string of the molecule is CN(C)S(=O)(=O)c1ccc(NC(=O)C[NH+]2CCN(S(=O)(=O)c3cccs3)CC2)cc1. The Bertz CT molecular complexity index is 1070. The van der Waals surface area contributed by atoms with Gasteiger partial charge in [-0.05, 0) is 35.7 Å². The van der Waals surface area contributed by atoms with Gasteiger partial charge in [-0.1, -0.05) is 6.07 Å². The van der Waals surface area contributed by atoms with Crippen LogP contribution in [-0.2, 0) is 24.8 Å². The molecule has 1 aliphatic heterocycles. The largest absolute Gasteiger partial charge is 0.325 e. The lowest BCUT2D eigenvalue weighted by Gasteiger charge is -2.30. The molecule has 0 bridgehead atoms. The number of carbonyl (C=O) groups excluding carboxylic acids is 1. The molecule has 0 saturated carbocycles.